The second-order valence-corrected chi connectivity index (χ2v) is 5.12. The van der Waals surface area contributed by atoms with Crippen molar-refractivity contribution >= 4 is 5.91 Å². The third-order valence-corrected chi connectivity index (χ3v) is 3.51. The molecule has 2 rings (SSSR count). The van der Waals surface area contributed by atoms with E-state index in [1.54, 1.807) is 17.0 Å². The zero-order valence-corrected chi connectivity index (χ0v) is 12.9. The van der Waals surface area contributed by atoms with Crippen LogP contribution in [0.2, 0.25) is 0 Å². The molecule has 1 aromatic heterocycles. The smallest absolute Gasteiger partial charge is 0.246 e. The standard InChI is InChI=1S/C17H20FN3O/c1-4-17(22)20(10-14-6-8-16(18)9-7-14)11-15-12-21(5-2)19-13(15)3/h4,6-9,12H,1,5,10-11H2,2-3H3. The molecule has 0 aliphatic rings. The van der Waals surface area contributed by atoms with E-state index in [0.29, 0.717) is 13.1 Å². The van der Waals surface area contributed by atoms with Gasteiger partial charge in [0.15, 0.2) is 0 Å². The molecule has 0 saturated carbocycles. The first-order valence-corrected chi connectivity index (χ1v) is 7.22. The van der Waals surface area contributed by atoms with Gasteiger partial charge in [-0.25, -0.2) is 4.39 Å². The van der Waals surface area contributed by atoms with Crippen molar-refractivity contribution < 1.29 is 9.18 Å². The molecule has 0 spiro atoms. The Kier molecular flexibility index (Phi) is 5.09. The Labute approximate surface area is 129 Å². The molecule has 0 aliphatic carbocycles. The number of benzene rings is 1. The molecule has 4 nitrogen and oxygen atoms in total. The summed E-state index contributed by atoms with van der Waals surface area (Å²) in [4.78, 5) is 13.8. The first-order valence-electron chi connectivity index (χ1n) is 7.22. The summed E-state index contributed by atoms with van der Waals surface area (Å²) in [5.74, 6) is -0.446. The first kappa shape index (κ1) is 15.9. The molecule has 2 aromatic rings. The Bertz CT molecular complexity index is 661. The highest BCUT2D eigenvalue weighted by Gasteiger charge is 2.15. The molecule has 0 bridgehead atoms. The monoisotopic (exact) mass is 301 g/mol. The Morgan fingerprint density at radius 1 is 1.36 bits per heavy atom. The van der Waals surface area contributed by atoms with Crippen LogP contribution in [0.4, 0.5) is 4.39 Å². The fraction of sp³-hybridized carbons (Fsp3) is 0.294. The third kappa shape index (κ3) is 3.81. The normalized spacial score (nSPS) is 10.5. The van der Waals surface area contributed by atoms with Crippen LogP contribution in [0.5, 0.6) is 0 Å². The molecule has 0 fully saturated rings. The lowest BCUT2D eigenvalue weighted by atomic mass is 10.2. The van der Waals surface area contributed by atoms with Gasteiger partial charge in [0.2, 0.25) is 5.91 Å². The van der Waals surface area contributed by atoms with Gasteiger partial charge in [0, 0.05) is 31.4 Å². The molecule has 1 amide bonds. The van der Waals surface area contributed by atoms with Crippen molar-refractivity contribution in [1.82, 2.24) is 14.7 Å². The largest absolute Gasteiger partial charge is 0.330 e. The molecule has 0 aliphatic heterocycles. The molecular formula is C17H20FN3O. The van der Waals surface area contributed by atoms with E-state index in [-0.39, 0.29) is 11.7 Å². The van der Waals surface area contributed by atoms with Crippen LogP contribution in [-0.4, -0.2) is 20.6 Å². The zero-order chi connectivity index (χ0) is 16.1. The van der Waals surface area contributed by atoms with Gasteiger partial charge in [-0.1, -0.05) is 18.7 Å². The van der Waals surface area contributed by atoms with Crippen molar-refractivity contribution in [3.8, 4) is 0 Å². The number of carbonyl (C=O) groups is 1. The Hall–Kier alpha value is -2.43. The van der Waals surface area contributed by atoms with Gasteiger partial charge in [-0.2, -0.15) is 5.10 Å². The molecule has 0 atom stereocenters. The van der Waals surface area contributed by atoms with Crippen LogP contribution in [-0.2, 0) is 24.4 Å². The highest BCUT2D eigenvalue weighted by atomic mass is 19.1. The maximum Gasteiger partial charge on any atom is 0.246 e. The molecule has 22 heavy (non-hydrogen) atoms. The summed E-state index contributed by atoms with van der Waals surface area (Å²) < 4.78 is 14.8. The van der Waals surface area contributed by atoms with Gasteiger partial charge >= 0.3 is 0 Å². The summed E-state index contributed by atoms with van der Waals surface area (Å²) in [5.41, 5.74) is 2.78. The van der Waals surface area contributed by atoms with Crippen molar-refractivity contribution in [2.45, 2.75) is 33.5 Å². The van der Waals surface area contributed by atoms with E-state index in [9.17, 15) is 9.18 Å². The van der Waals surface area contributed by atoms with Gasteiger partial charge < -0.3 is 4.90 Å². The van der Waals surface area contributed by atoms with Crippen LogP contribution in [0, 0.1) is 12.7 Å². The molecular weight excluding hydrogens is 281 g/mol. The summed E-state index contributed by atoms with van der Waals surface area (Å²) in [6, 6.07) is 6.15. The molecule has 116 valence electrons. The van der Waals surface area contributed by atoms with Crippen molar-refractivity contribution in [2.75, 3.05) is 0 Å². The second kappa shape index (κ2) is 7.02. The van der Waals surface area contributed by atoms with E-state index < -0.39 is 0 Å². The number of halogens is 1. The fourth-order valence-corrected chi connectivity index (χ4v) is 2.23. The van der Waals surface area contributed by atoms with Crippen LogP contribution in [0.25, 0.3) is 0 Å². The lowest BCUT2D eigenvalue weighted by molar-refractivity contribution is -0.127. The van der Waals surface area contributed by atoms with Crippen molar-refractivity contribution in [1.29, 1.82) is 0 Å². The highest BCUT2D eigenvalue weighted by Crippen LogP contribution is 2.14. The van der Waals surface area contributed by atoms with Gasteiger partial charge in [0.05, 0.1) is 5.69 Å². The Balaban J connectivity index is 2.18. The van der Waals surface area contributed by atoms with Crippen LogP contribution >= 0.6 is 0 Å². The fourth-order valence-electron chi connectivity index (χ4n) is 2.23. The summed E-state index contributed by atoms with van der Waals surface area (Å²) >= 11 is 0. The van der Waals surface area contributed by atoms with E-state index in [0.717, 1.165) is 23.4 Å². The van der Waals surface area contributed by atoms with Gasteiger partial charge in [0.25, 0.3) is 0 Å². The van der Waals surface area contributed by atoms with E-state index in [1.165, 1.54) is 18.2 Å². The summed E-state index contributed by atoms with van der Waals surface area (Å²) in [7, 11) is 0. The Morgan fingerprint density at radius 2 is 2.05 bits per heavy atom. The molecule has 0 saturated heterocycles. The van der Waals surface area contributed by atoms with Crippen LogP contribution in [0.1, 0.15) is 23.7 Å². The number of rotatable bonds is 6. The SMILES string of the molecule is C=CC(=O)N(Cc1ccc(F)cc1)Cc1cn(CC)nc1C. The number of amides is 1. The predicted molar refractivity (Wildman–Crippen MR) is 83.5 cm³/mol. The topological polar surface area (TPSA) is 38.1 Å². The van der Waals surface area contributed by atoms with Crippen molar-refractivity contribution in [3.63, 3.8) is 0 Å². The predicted octanol–water partition coefficient (Wildman–Crippen LogP) is 3.07. The molecule has 1 aromatic carbocycles. The van der Waals surface area contributed by atoms with Gasteiger partial charge in [-0.3, -0.25) is 9.48 Å². The van der Waals surface area contributed by atoms with Gasteiger partial charge in [0.1, 0.15) is 5.82 Å². The minimum atomic E-state index is -0.287. The second-order valence-electron chi connectivity index (χ2n) is 5.12. The molecule has 0 N–H and O–H groups in total. The van der Waals surface area contributed by atoms with Gasteiger partial charge in [-0.15, -0.1) is 0 Å². The summed E-state index contributed by atoms with van der Waals surface area (Å²) in [5, 5.41) is 4.39. The number of carbonyl (C=O) groups excluding carboxylic acids is 1. The summed E-state index contributed by atoms with van der Waals surface area (Å²) in [6.45, 7) is 9.14. The lowest BCUT2D eigenvalue weighted by Gasteiger charge is -2.21. The lowest BCUT2D eigenvalue weighted by Crippen LogP contribution is -2.28. The molecule has 0 radical (unpaired) electrons. The van der Waals surface area contributed by atoms with E-state index in [1.807, 2.05) is 24.7 Å². The number of aryl methyl sites for hydroxylation is 2. The molecule has 5 heteroatoms. The van der Waals surface area contributed by atoms with Crippen molar-refractivity contribution in [2.24, 2.45) is 0 Å². The minimum absolute atomic E-state index is 0.159. The van der Waals surface area contributed by atoms with Crippen molar-refractivity contribution in [3.05, 3.63) is 65.8 Å². The first-order chi connectivity index (χ1) is 10.5. The van der Waals surface area contributed by atoms with Gasteiger partial charge in [-0.05, 0) is 37.6 Å². The average molecular weight is 301 g/mol. The molecule has 1 heterocycles. The zero-order valence-electron chi connectivity index (χ0n) is 12.9. The summed E-state index contributed by atoms with van der Waals surface area (Å²) in [6.07, 6.45) is 3.24. The van der Waals surface area contributed by atoms with E-state index in [4.69, 9.17) is 0 Å². The maximum absolute atomic E-state index is 13.0. The van der Waals surface area contributed by atoms with Crippen LogP contribution < -0.4 is 0 Å². The molecule has 0 unspecified atom stereocenters. The van der Waals surface area contributed by atoms with Crippen LogP contribution in [0.3, 0.4) is 0 Å². The number of aromatic nitrogens is 2. The van der Waals surface area contributed by atoms with Crippen LogP contribution in [0.15, 0.2) is 43.1 Å². The number of hydrogen-bond donors (Lipinski definition) is 0. The number of hydrogen-bond acceptors (Lipinski definition) is 2. The van der Waals surface area contributed by atoms with E-state index in [2.05, 4.69) is 11.7 Å². The quantitative estimate of drug-likeness (QED) is 0.769. The average Bonchev–Trinajstić information content (AvgIpc) is 2.88. The maximum atomic E-state index is 13.0. The third-order valence-electron chi connectivity index (χ3n) is 3.51. The van der Waals surface area contributed by atoms with E-state index >= 15 is 0 Å². The number of nitrogens with zero attached hydrogens (tertiary/aromatic N) is 3. The Morgan fingerprint density at radius 3 is 2.59 bits per heavy atom. The highest BCUT2D eigenvalue weighted by molar-refractivity contribution is 5.86. The minimum Gasteiger partial charge on any atom is -0.330 e.